The average molecular weight is 315 g/mol. The van der Waals surface area contributed by atoms with Crippen molar-refractivity contribution in [3.63, 3.8) is 0 Å². The lowest BCUT2D eigenvalue weighted by Crippen LogP contribution is -2.33. The Balaban J connectivity index is 1.58. The molecule has 1 aliphatic carbocycles. The maximum absolute atomic E-state index is 12.2. The molecule has 22 heavy (non-hydrogen) atoms. The molecule has 0 bridgehead atoms. The molecule has 1 heterocycles. The molecule has 1 fully saturated rings. The molecule has 0 spiro atoms. The van der Waals surface area contributed by atoms with Crippen LogP contribution in [0.4, 0.5) is 0 Å². The van der Waals surface area contributed by atoms with Crippen molar-refractivity contribution in [3.05, 3.63) is 34.7 Å². The molecule has 1 aromatic heterocycles. The summed E-state index contributed by atoms with van der Waals surface area (Å²) >= 11 is 1.81. The zero-order chi connectivity index (χ0) is 15.4. The summed E-state index contributed by atoms with van der Waals surface area (Å²) in [6.07, 6.45) is 7.89. The predicted octanol–water partition coefficient (Wildman–Crippen LogP) is 4.70. The standard InChI is InChI=1S/C19H25NOS/c1-2-14-8-9-18-17(12-14)16(13-22-18)10-11-20-19(21)15-6-4-3-5-7-15/h8-9,12-13,15H,2-7,10-11H2,1H3,(H,20,21). The normalized spacial score (nSPS) is 16.0. The molecule has 0 saturated heterocycles. The number of amides is 1. The van der Waals surface area contributed by atoms with E-state index in [9.17, 15) is 4.79 Å². The zero-order valence-electron chi connectivity index (χ0n) is 13.4. The highest BCUT2D eigenvalue weighted by atomic mass is 32.1. The Bertz CT molecular complexity index is 640. The molecular weight excluding hydrogens is 290 g/mol. The quantitative estimate of drug-likeness (QED) is 0.851. The molecule has 0 unspecified atom stereocenters. The van der Waals surface area contributed by atoms with Crippen LogP contribution in [0, 0.1) is 5.92 Å². The van der Waals surface area contributed by atoms with E-state index in [0.717, 1.165) is 32.2 Å². The van der Waals surface area contributed by atoms with Gasteiger partial charge in [0.25, 0.3) is 0 Å². The number of carbonyl (C=O) groups is 1. The summed E-state index contributed by atoms with van der Waals surface area (Å²) < 4.78 is 1.35. The molecule has 3 rings (SSSR count). The fraction of sp³-hybridized carbons (Fsp3) is 0.526. The molecule has 3 heteroatoms. The number of thiophene rings is 1. The van der Waals surface area contributed by atoms with Gasteiger partial charge in [0, 0.05) is 17.2 Å². The van der Waals surface area contributed by atoms with Gasteiger partial charge in [0.15, 0.2) is 0 Å². The predicted molar refractivity (Wildman–Crippen MR) is 94.5 cm³/mol. The van der Waals surface area contributed by atoms with Gasteiger partial charge in [-0.1, -0.05) is 38.3 Å². The number of hydrogen-bond acceptors (Lipinski definition) is 2. The highest BCUT2D eigenvalue weighted by Gasteiger charge is 2.20. The zero-order valence-corrected chi connectivity index (χ0v) is 14.2. The summed E-state index contributed by atoms with van der Waals surface area (Å²) in [5.41, 5.74) is 2.76. The van der Waals surface area contributed by atoms with Crippen molar-refractivity contribution < 1.29 is 4.79 Å². The number of nitrogens with one attached hydrogen (secondary N) is 1. The lowest BCUT2D eigenvalue weighted by atomic mass is 9.88. The summed E-state index contributed by atoms with van der Waals surface area (Å²) in [6, 6.07) is 6.75. The Morgan fingerprint density at radius 2 is 2.09 bits per heavy atom. The van der Waals surface area contributed by atoms with Crippen molar-refractivity contribution in [1.82, 2.24) is 5.32 Å². The first kappa shape index (κ1) is 15.5. The summed E-state index contributed by atoms with van der Waals surface area (Å²) in [5, 5.41) is 6.77. The average Bonchev–Trinajstić information content (AvgIpc) is 2.98. The van der Waals surface area contributed by atoms with Crippen molar-refractivity contribution in [3.8, 4) is 0 Å². The molecule has 1 aliphatic rings. The van der Waals surface area contributed by atoms with Crippen LogP contribution in [0.2, 0.25) is 0 Å². The van der Waals surface area contributed by atoms with Gasteiger partial charge < -0.3 is 5.32 Å². The molecule has 1 aromatic carbocycles. The largest absolute Gasteiger partial charge is 0.356 e. The Hall–Kier alpha value is -1.35. The summed E-state index contributed by atoms with van der Waals surface area (Å²) in [5.74, 6) is 0.535. The number of fused-ring (bicyclic) bond motifs is 1. The first-order valence-electron chi connectivity index (χ1n) is 8.54. The van der Waals surface area contributed by atoms with Gasteiger partial charge in [-0.25, -0.2) is 0 Å². The second-order valence-electron chi connectivity index (χ2n) is 6.32. The Labute approximate surface area is 136 Å². The van der Waals surface area contributed by atoms with Gasteiger partial charge in [0.05, 0.1) is 0 Å². The third-order valence-electron chi connectivity index (χ3n) is 4.80. The number of benzene rings is 1. The molecule has 2 aromatic rings. The maximum atomic E-state index is 12.2. The fourth-order valence-electron chi connectivity index (χ4n) is 3.37. The van der Waals surface area contributed by atoms with E-state index in [2.05, 4.69) is 35.8 Å². The fourth-order valence-corrected chi connectivity index (χ4v) is 4.35. The van der Waals surface area contributed by atoms with Gasteiger partial charge in [-0.2, -0.15) is 0 Å². The minimum Gasteiger partial charge on any atom is -0.356 e. The van der Waals surface area contributed by atoms with Crippen LogP contribution in [0.1, 0.15) is 50.2 Å². The number of carbonyl (C=O) groups excluding carboxylic acids is 1. The lowest BCUT2D eigenvalue weighted by Gasteiger charge is -2.20. The Morgan fingerprint density at radius 3 is 2.86 bits per heavy atom. The molecule has 0 aliphatic heterocycles. The van der Waals surface area contributed by atoms with Gasteiger partial charge in [-0.15, -0.1) is 11.3 Å². The topological polar surface area (TPSA) is 29.1 Å². The Kier molecular flexibility index (Phi) is 5.14. The second-order valence-corrected chi connectivity index (χ2v) is 7.23. The van der Waals surface area contributed by atoms with E-state index < -0.39 is 0 Å². The molecular formula is C19H25NOS. The number of rotatable bonds is 5. The van der Waals surface area contributed by atoms with E-state index in [4.69, 9.17) is 0 Å². The molecule has 1 amide bonds. The summed E-state index contributed by atoms with van der Waals surface area (Å²) in [7, 11) is 0. The SMILES string of the molecule is CCc1ccc2scc(CCNC(=O)C3CCCCC3)c2c1. The number of hydrogen-bond donors (Lipinski definition) is 1. The molecule has 2 nitrogen and oxygen atoms in total. The van der Waals surface area contributed by atoms with Crippen LogP contribution in [-0.4, -0.2) is 12.5 Å². The highest BCUT2D eigenvalue weighted by Crippen LogP contribution is 2.28. The third-order valence-corrected chi connectivity index (χ3v) is 5.81. The van der Waals surface area contributed by atoms with Crippen molar-refractivity contribution in [2.75, 3.05) is 6.54 Å². The Morgan fingerprint density at radius 1 is 1.27 bits per heavy atom. The first-order chi connectivity index (χ1) is 10.8. The van der Waals surface area contributed by atoms with Gasteiger partial charge in [0.2, 0.25) is 5.91 Å². The van der Waals surface area contributed by atoms with Crippen molar-refractivity contribution in [2.45, 2.75) is 51.9 Å². The minimum atomic E-state index is 0.264. The van der Waals surface area contributed by atoms with E-state index in [0.29, 0.717) is 0 Å². The van der Waals surface area contributed by atoms with Crippen LogP contribution in [0.3, 0.4) is 0 Å². The summed E-state index contributed by atoms with van der Waals surface area (Å²) in [6.45, 7) is 2.95. The summed E-state index contributed by atoms with van der Waals surface area (Å²) in [4.78, 5) is 12.2. The first-order valence-corrected chi connectivity index (χ1v) is 9.42. The molecule has 0 atom stereocenters. The highest BCUT2D eigenvalue weighted by molar-refractivity contribution is 7.17. The molecule has 1 N–H and O–H groups in total. The molecule has 0 radical (unpaired) electrons. The van der Waals surface area contributed by atoms with E-state index in [1.54, 1.807) is 0 Å². The second kappa shape index (κ2) is 7.28. The van der Waals surface area contributed by atoms with Crippen LogP contribution < -0.4 is 5.32 Å². The van der Waals surface area contributed by atoms with E-state index in [-0.39, 0.29) is 11.8 Å². The minimum absolute atomic E-state index is 0.264. The molecule has 1 saturated carbocycles. The number of aryl methyl sites for hydroxylation is 1. The lowest BCUT2D eigenvalue weighted by molar-refractivity contribution is -0.125. The van der Waals surface area contributed by atoms with E-state index in [1.807, 2.05) is 11.3 Å². The van der Waals surface area contributed by atoms with Crippen LogP contribution in [0.5, 0.6) is 0 Å². The molecule has 118 valence electrons. The van der Waals surface area contributed by atoms with Crippen LogP contribution >= 0.6 is 11.3 Å². The van der Waals surface area contributed by atoms with Crippen LogP contribution in [0.25, 0.3) is 10.1 Å². The van der Waals surface area contributed by atoms with Crippen LogP contribution in [-0.2, 0) is 17.6 Å². The maximum Gasteiger partial charge on any atom is 0.223 e. The third kappa shape index (κ3) is 3.52. The van der Waals surface area contributed by atoms with Gasteiger partial charge in [0.1, 0.15) is 0 Å². The smallest absolute Gasteiger partial charge is 0.223 e. The van der Waals surface area contributed by atoms with Gasteiger partial charge >= 0.3 is 0 Å². The monoisotopic (exact) mass is 315 g/mol. The van der Waals surface area contributed by atoms with E-state index >= 15 is 0 Å². The van der Waals surface area contributed by atoms with Crippen molar-refractivity contribution in [2.24, 2.45) is 5.92 Å². The van der Waals surface area contributed by atoms with Crippen LogP contribution in [0.15, 0.2) is 23.6 Å². The van der Waals surface area contributed by atoms with Gasteiger partial charge in [-0.05, 0) is 53.6 Å². The van der Waals surface area contributed by atoms with E-state index in [1.165, 1.54) is 40.5 Å². The van der Waals surface area contributed by atoms with Crippen molar-refractivity contribution in [1.29, 1.82) is 0 Å². The van der Waals surface area contributed by atoms with Crippen molar-refractivity contribution >= 4 is 27.3 Å². The van der Waals surface area contributed by atoms with Gasteiger partial charge in [-0.3, -0.25) is 4.79 Å².